The highest BCUT2D eigenvalue weighted by Crippen LogP contribution is 2.45. The predicted octanol–water partition coefficient (Wildman–Crippen LogP) is 22.4. The number of hydrogen-bond donors (Lipinski definition) is 3. The van der Waals surface area contributed by atoms with Gasteiger partial charge in [0.1, 0.15) is 19.3 Å². The van der Waals surface area contributed by atoms with Crippen LogP contribution in [0.4, 0.5) is 0 Å². The van der Waals surface area contributed by atoms with Gasteiger partial charge in [0, 0.05) is 25.7 Å². The van der Waals surface area contributed by atoms with Crippen LogP contribution in [0.25, 0.3) is 0 Å². The highest BCUT2D eigenvalue weighted by molar-refractivity contribution is 7.47. The van der Waals surface area contributed by atoms with Crippen LogP contribution in [0.5, 0.6) is 0 Å². The molecule has 0 bridgehead atoms. The molecule has 7 atom stereocenters. The minimum atomic E-state index is -4.96. The number of hydrogen-bond acceptors (Lipinski definition) is 15. The number of aliphatic hydroxyl groups excluding tert-OH is 1. The minimum absolute atomic E-state index is 0.105. The summed E-state index contributed by atoms with van der Waals surface area (Å²) in [6.07, 6.45) is 51.5. The van der Waals surface area contributed by atoms with Crippen molar-refractivity contribution in [3.05, 3.63) is 0 Å². The Labute approximate surface area is 588 Å². The largest absolute Gasteiger partial charge is 0.472 e. The molecular formula is C77H150O17P2. The first-order valence-corrected chi connectivity index (χ1v) is 42.8. The zero-order valence-electron chi connectivity index (χ0n) is 63.0. The molecule has 0 saturated heterocycles. The van der Waals surface area contributed by atoms with E-state index in [1.165, 1.54) is 186 Å². The van der Waals surface area contributed by atoms with Gasteiger partial charge in [0.25, 0.3) is 0 Å². The van der Waals surface area contributed by atoms with E-state index in [2.05, 4.69) is 55.4 Å². The summed E-state index contributed by atoms with van der Waals surface area (Å²) in [6, 6.07) is 0. The predicted molar refractivity (Wildman–Crippen MR) is 391 cm³/mol. The molecule has 570 valence electrons. The molecule has 0 aliphatic rings. The third-order valence-electron chi connectivity index (χ3n) is 18.5. The van der Waals surface area contributed by atoms with Gasteiger partial charge in [-0.05, 0) is 49.4 Å². The van der Waals surface area contributed by atoms with Crippen LogP contribution in [-0.2, 0) is 65.4 Å². The first kappa shape index (κ1) is 94.1. The molecule has 17 nitrogen and oxygen atoms in total. The molecule has 0 aromatic rings. The molecule has 0 aliphatic carbocycles. The molecule has 0 rings (SSSR count). The fourth-order valence-corrected chi connectivity index (χ4v) is 13.2. The number of ether oxygens (including phenoxy) is 4. The third kappa shape index (κ3) is 67.9. The normalized spacial score (nSPS) is 14.7. The number of rotatable bonds is 74. The number of phosphoric ester groups is 2. The highest BCUT2D eigenvalue weighted by Gasteiger charge is 2.30. The molecule has 0 radical (unpaired) electrons. The van der Waals surface area contributed by atoms with Gasteiger partial charge in [0.2, 0.25) is 0 Å². The fraction of sp³-hybridized carbons (Fsp3) is 0.948. The van der Waals surface area contributed by atoms with E-state index in [-0.39, 0.29) is 25.7 Å². The summed E-state index contributed by atoms with van der Waals surface area (Å²) >= 11 is 0. The summed E-state index contributed by atoms with van der Waals surface area (Å²) in [6.45, 7) is 14.2. The minimum Gasteiger partial charge on any atom is -0.462 e. The van der Waals surface area contributed by atoms with Crippen molar-refractivity contribution in [2.45, 2.75) is 408 Å². The van der Waals surface area contributed by atoms with Crippen molar-refractivity contribution in [1.29, 1.82) is 0 Å². The van der Waals surface area contributed by atoms with E-state index in [1.807, 2.05) is 0 Å². The lowest BCUT2D eigenvalue weighted by Crippen LogP contribution is -2.30. The molecule has 0 fully saturated rings. The molecule has 0 aromatic heterocycles. The quantitative estimate of drug-likeness (QED) is 0.0222. The Morgan fingerprint density at radius 1 is 0.292 bits per heavy atom. The van der Waals surface area contributed by atoms with Crippen LogP contribution in [0.15, 0.2) is 0 Å². The number of carbonyl (C=O) groups excluding carboxylic acids is 4. The lowest BCUT2D eigenvalue weighted by atomic mass is 9.99. The Kier molecular flexibility index (Phi) is 65.0. The number of phosphoric acid groups is 2. The van der Waals surface area contributed by atoms with Crippen molar-refractivity contribution in [2.24, 2.45) is 23.7 Å². The maximum absolute atomic E-state index is 13.1. The van der Waals surface area contributed by atoms with Crippen LogP contribution in [0.2, 0.25) is 0 Å². The molecule has 19 heteroatoms. The molecule has 0 aliphatic heterocycles. The van der Waals surface area contributed by atoms with Gasteiger partial charge in [-0.2, -0.15) is 0 Å². The summed E-state index contributed by atoms with van der Waals surface area (Å²) in [7, 11) is -9.91. The number of unbranched alkanes of at least 4 members (excludes halogenated alkanes) is 38. The van der Waals surface area contributed by atoms with E-state index < -0.39 is 97.5 Å². The smallest absolute Gasteiger partial charge is 0.462 e. The summed E-state index contributed by atoms with van der Waals surface area (Å²) in [4.78, 5) is 72.8. The Morgan fingerprint density at radius 3 is 0.740 bits per heavy atom. The lowest BCUT2D eigenvalue weighted by Gasteiger charge is -2.21. The van der Waals surface area contributed by atoms with Crippen LogP contribution >= 0.6 is 15.6 Å². The van der Waals surface area contributed by atoms with E-state index in [9.17, 15) is 43.2 Å². The van der Waals surface area contributed by atoms with E-state index in [0.717, 1.165) is 114 Å². The average Bonchev–Trinajstić information content (AvgIpc) is 1.54. The third-order valence-corrected chi connectivity index (χ3v) is 20.4. The molecule has 96 heavy (non-hydrogen) atoms. The van der Waals surface area contributed by atoms with E-state index >= 15 is 0 Å². The Hall–Kier alpha value is -1.94. The molecular weight excluding hydrogens is 1260 g/mol. The average molecular weight is 1410 g/mol. The summed E-state index contributed by atoms with van der Waals surface area (Å²) in [5.41, 5.74) is 0. The van der Waals surface area contributed by atoms with Gasteiger partial charge in [-0.15, -0.1) is 0 Å². The Morgan fingerprint density at radius 2 is 0.500 bits per heavy atom. The van der Waals surface area contributed by atoms with E-state index in [4.69, 9.17) is 37.0 Å². The molecule has 0 heterocycles. The van der Waals surface area contributed by atoms with Gasteiger partial charge >= 0.3 is 39.5 Å². The second kappa shape index (κ2) is 66.3. The number of esters is 4. The van der Waals surface area contributed by atoms with Crippen molar-refractivity contribution in [3.8, 4) is 0 Å². The van der Waals surface area contributed by atoms with Crippen molar-refractivity contribution < 1.29 is 80.2 Å². The monoisotopic (exact) mass is 1410 g/mol. The van der Waals surface area contributed by atoms with Crippen molar-refractivity contribution in [3.63, 3.8) is 0 Å². The van der Waals surface area contributed by atoms with E-state index in [0.29, 0.717) is 31.6 Å². The fourth-order valence-electron chi connectivity index (χ4n) is 11.7. The second-order valence-electron chi connectivity index (χ2n) is 29.2. The first-order valence-electron chi connectivity index (χ1n) is 39.8. The van der Waals surface area contributed by atoms with Crippen LogP contribution in [0.1, 0.15) is 389 Å². The zero-order valence-corrected chi connectivity index (χ0v) is 64.8. The Balaban J connectivity index is 5.16. The maximum Gasteiger partial charge on any atom is 0.472 e. The lowest BCUT2D eigenvalue weighted by molar-refractivity contribution is -0.161. The molecule has 0 spiro atoms. The van der Waals surface area contributed by atoms with Crippen LogP contribution in [0.3, 0.4) is 0 Å². The SMILES string of the molecule is CCC(C)CCCCCCCCCCCCCCCCCCCCC(=O)O[C@H](COC(=O)CCCCCCCCC(C)C)COP(=O)(O)OC[C@H](O)COP(=O)(O)OC[C@@H](COC(=O)CCCCCCCCCCC(C)C)OC(=O)CCCCCCCCCCCCC(C)CC. The molecule has 0 saturated carbocycles. The van der Waals surface area contributed by atoms with Gasteiger partial charge < -0.3 is 33.8 Å². The number of carbonyl (C=O) groups is 4. The summed E-state index contributed by atoms with van der Waals surface area (Å²) in [5, 5.41) is 10.6. The van der Waals surface area contributed by atoms with Crippen LogP contribution in [-0.4, -0.2) is 96.7 Å². The summed E-state index contributed by atoms with van der Waals surface area (Å²) in [5.74, 6) is 0.956. The van der Waals surface area contributed by atoms with Gasteiger partial charge in [0.15, 0.2) is 12.2 Å². The van der Waals surface area contributed by atoms with Gasteiger partial charge in [0.05, 0.1) is 26.4 Å². The maximum atomic E-state index is 13.1. The van der Waals surface area contributed by atoms with Gasteiger partial charge in [-0.3, -0.25) is 37.3 Å². The van der Waals surface area contributed by atoms with Gasteiger partial charge in [-0.1, -0.05) is 338 Å². The number of aliphatic hydroxyl groups is 1. The van der Waals surface area contributed by atoms with Crippen molar-refractivity contribution in [1.82, 2.24) is 0 Å². The zero-order chi connectivity index (χ0) is 71.0. The molecule has 3 N–H and O–H groups in total. The topological polar surface area (TPSA) is 237 Å². The summed E-state index contributed by atoms with van der Waals surface area (Å²) < 4.78 is 68.5. The molecule has 0 amide bonds. The first-order chi connectivity index (χ1) is 46.2. The van der Waals surface area contributed by atoms with Gasteiger partial charge in [-0.25, -0.2) is 9.13 Å². The van der Waals surface area contributed by atoms with E-state index in [1.54, 1.807) is 0 Å². The van der Waals surface area contributed by atoms with Crippen molar-refractivity contribution >= 4 is 39.5 Å². The standard InChI is InChI=1S/C77H150O17P2/c1-9-69(7)55-47-39-30-23-19-17-15-13-11-12-14-16-18-20-25-33-43-51-59-76(81)94-73(64-88-75(80)58-50-42-36-35-38-46-54-68(5)6)66-92-96(85,86)90-62-71(78)61-89-95(83,84)91-65-72(63-87-74(79)57-49-41-32-28-27-29-37-45-53-67(3)4)93-77(82)60-52-44-34-26-22-21-24-31-40-48-56-70(8)10-2/h67-73,78H,9-66H2,1-8H3,(H,83,84)(H,85,86)/t69?,70?,71-,72-,73-/m1/s1. The Bertz CT molecular complexity index is 1890. The molecule has 0 aromatic carbocycles. The highest BCUT2D eigenvalue weighted by atomic mass is 31.2. The molecule has 4 unspecified atom stereocenters. The van der Waals surface area contributed by atoms with Crippen molar-refractivity contribution in [2.75, 3.05) is 39.6 Å². The van der Waals surface area contributed by atoms with Crippen LogP contribution < -0.4 is 0 Å². The van der Waals surface area contributed by atoms with Crippen LogP contribution in [0, 0.1) is 23.7 Å². The second-order valence-corrected chi connectivity index (χ2v) is 32.1.